The fourth-order valence-corrected chi connectivity index (χ4v) is 1.58. The number of aliphatic hydroxyl groups excluding tert-OH is 2. The average Bonchev–Trinajstić information content (AvgIpc) is 1.97. The molecule has 0 heterocycles. The van der Waals surface area contributed by atoms with Gasteiger partial charge in [-0.05, 0) is 17.8 Å². The summed E-state index contributed by atoms with van der Waals surface area (Å²) in [7, 11) is 0. The van der Waals surface area contributed by atoms with Gasteiger partial charge >= 0.3 is 0 Å². The van der Waals surface area contributed by atoms with E-state index in [0.29, 0.717) is 5.92 Å². The molecule has 0 aromatic carbocycles. The lowest BCUT2D eigenvalue weighted by Crippen LogP contribution is -2.32. The first-order chi connectivity index (χ1) is 4.46. The second-order valence-corrected chi connectivity index (χ2v) is 3.97. The third-order valence-electron chi connectivity index (χ3n) is 2.99. The molecule has 2 heteroatoms. The summed E-state index contributed by atoms with van der Waals surface area (Å²) in [6, 6.07) is 0. The van der Waals surface area contributed by atoms with Crippen LogP contribution in [0.15, 0.2) is 0 Å². The smallest absolute Gasteiger partial charge is 0.0852 e. The molecule has 1 aliphatic carbocycles. The van der Waals surface area contributed by atoms with Crippen molar-refractivity contribution >= 4 is 0 Å². The van der Waals surface area contributed by atoms with Crippen LogP contribution >= 0.6 is 0 Å². The zero-order chi connectivity index (χ0) is 7.94. The molecule has 0 spiro atoms. The maximum atomic E-state index is 9.45. The maximum absolute atomic E-state index is 9.45. The largest absolute Gasteiger partial charge is 0.390 e. The Morgan fingerprint density at radius 1 is 1.30 bits per heavy atom. The molecule has 0 aliphatic heterocycles. The van der Waals surface area contributed by atoms with Gasteiger partial charge in [-0.25, -0.2) is 0 Å². The molecule has 2 nitrogen and oxygen atoms in total. The molecule has 1 unspecified atom stereocenters. The van der Waals surface area contributed by atoms with Gasteiger partial charge in [-0.15, -0.1) is 0 Å². The number of rotatable bonds is 0. The highest BCUT2D eigenvalue weighted by Gasteiger charge is 2.45. The number of aliphatic hydroxyl groups is 2. The summed E-state index contributed by atoms with van der Waals surface area (Å²) in [4.78, 5) is 0. The second kappa shape index (κ2) is 2.21. The molecule has 0 saturated heterocycles. The highest BCUT2D eigenvalue weighted by Crippen LogP contribution is 2.42. The van der Waals surface area contributed by atoms with Crippen LogP contribution in [-0.2, 0) is 0 Å². The molecule has 60 valence electrons. The minimum absolute atomic E-state index is 0.112. The summed E-state index contributed by atoms with van der Waals surface area (Å²) >= 11 is 0. The Hall–Kier alpha value is -0.0800. The van der Waals surface area contributed by atoms with E-state index in [0.717, 1.165) is 6.42 Å². The Morgan fingerprint density at radius 2 is 1.80 bits per heavy atom. The molecular weight excluding hydrogens is 128 g/mol. The predicted molar refractivity (Wildman–Crippen MR) is 39.6 cm³/mol. The predicted octanol–water partition coefficient (Wildman–Crippen LogP) is 0.774. The van der Waals surface area contributed by atoms with Gasteiger partial charge in [-0.3, -0.25) is 0 Å². The summed E-state index contributed by atoms with van der Waals surface area (Å²) in [6.45, 7) is 6.07. The van der Waals surface area contributed by atoms with Gasteiger partial charge in [0, 0.05) is 0 Å². The number of hydrogen-bond acceptors (Lipinski definition) is 2. The van der Waals surface area contributed by atoms with Crippen molar-refractivity contribution in [2.75, 3.05) is 0 Å². The molecule has 0 aromatic rings. The highest BCUT2D eigenvalue weighted by molar-refractivity contribution is 4.95. The molecular formula is C8H16O2. The molecule has 0 bridgehead atoms. The molecule has 0 radical (unpaired) electrons. The highest BCUT2D eigenvalue weighted by atomic mass is 16.3. The van der Waals surface area contributed by atoms with Crippen LogP contribution in [0.1, 0.15) is 27.2 Å². The summed E-state index contributed by atoms with van der Waals surface area (Å²) in [5.41, 5.74) is -0.112. The molecule has 0 amide bonds. The average molecular weight is 144 g/mol. The Kier molecular flexibility index (Phi) is 1.77. The first-order valence-corrected chi connectivity index (χ1v) is 3.82. The van der Waals surface area contributed by atoms with E-state index in [1.165, 1.54) is 0 Å². The van der Waals surface area contributed by atoms with Crippen LogP contribution in [-0.4, -0.2) is 22.4 Å². The third-order valence-corrected chi connectivity index (χ3v) is 2.99. The van der Waals surface area contributed by atoms with Crippen LogP contribution < -0.4 is 0 Å². The van der Waals surface area contributed by atoms with Crippen molar-refractivity contribution in [1.82, 2.24) is 0 Å². The molecule has 1 fully saturated rings. The molecule has 1 aliphatic rings. The lowest BCUT2D eigenvalue weighted by atomic mass is 9.81. The normalized spacial score (nSPS) is 45.9. The first kappa shape index (κ1) is 8.02. The van der Waals surface area contributed by atoms with Gasteiger partial charge in [0.15, 0.2) is 0 Å². The van der Waals surface area contributed by atoms with Gasteiger partial charge in [0.25, 0.3) is 0 Å². The minimum Gasteiger partial charge on any atom is -0.390 e. The van der Waals surface area contributed by atoms with Crippen molar-refractivity contribution < 1.29 is 10.2 Å². The quantitative estimate of drug-likeness (QED) is 0.527. The molecule has 0 aromatic heterocycles. The minimum atomic E-state index is -0.539. The topological polar surface area (TPSA) is 40.5 Å². The Labute approximate surface area is 61.9 Å². The van der Waals surface area contributed by atoms with Crippen molar-refractivity contribution in [2.45, 2.75) is 39.4 Å². The first-order valence-electron chi connectivity index (χ1n) is 3.82. The Bertz CT molecular complexity index is 131. The fourth-order valence-electron chi connectivity index (χ4n) is 1.58. The zero-order valence-corrected chi connectivity index (χ0v) is 6.83. The van der Waals surface area contributed by atoms with E-state index in [4.69, 9.17) is 0 Å². The molecule has 10 heavy (non-hydrogen) atoms. The molecule has 2 N–H and O–H groups in total. The fraction of sp³-hybridized carbons (Fsp3) is 1.00. The van der Waals surface area contributed by atoms with E-state index >= 15 is 0 Å². The van der Waals surface area contributed by atoms with E-state index < -0.39 is 12.2 Å². The molecule has 3 atom stereocenters. The Morgan fingerprint density at radius 3 is 1.90 bits per heavy atom. The summed E-state index contributed by atoms with van der Waals surface area (Å²) < 4.78 is 0. The van der Waals surface area contributed by atoms with Gasteiger partial charge in [0.2, 0.25) is 0 Å². The summed E-state index contributed by atoms with van der Waals surface area (Å²) in [5, 5.41) is 18.7. The monoisotopic (exact) mass is 144 g/mol. The van der Waals surface area contributed by atoms with Crippen LogP contribution in [0.25, 0.3) is 0 Å². The van der Waals surface area contributed by atoms with Crippen LogP contribution in [0.2, 0.25) is 0 Å². The van der Waals surface area contributed by atoms with Gasteiger partial charge in [0.1, 0.15) is 0 Å². The third kappa shape index (κ3) is 0.956. The van der Waals surface area contributed by atoms with Crippen molar-refractivity contribution in [1.29, 1.82) is 0 Å². The van der Waals surface area contributed by atoms with Crippen LogP contribution in [0, 0.1) is 11.3 Å². The lowest BCUT2D eigenvalue weighted by molar-refractivity contribution is -0.0122. The van der Waals surface area contributed by atoms with Crippen molar-refractivity contribution in [3.63, 3.8) is 0 Å². The van der Waals surface area contributed by atoms with E-state index in [9.17, 15) is 10.2 Å². The standard InChI is InChI=1S/C8H16O2/c1-5-4-6(9)7(10)8(5,2)3/h5-7,9-10H,4H2,1-3H3/t5?,6-,7-/m1/s1. The second-order valence-electron chi connectivity index (χ2n) is 3.97. The van der Waals surface area contributed by atoms with Crippen LogP contribution in [0.3, 0.4) is 0 Å². The van der Waals surface area contributed by atoms with Crippen molar-refractivity contribution in [3.05, 3.63) is 0 Å². The van der Waals surface area contributed by atoms with Crippen molar-refractivity contribution in [2.24, 2.45) is 11.3 Å². The summed E-state index contributed by atoms with van der Waals surface area (Å²) in [5.74, 6) is 0.414. The van der Waals surface area contributed by atoms with E-state index in [1.807, 2.05) is 13.8 Å². The zero-order valence-electron chi connectivity index (χ0n) is 6.83. The lowest BCUT2D eigenvalue weighted by Gasteiger charge is -2.27. The van der Waals surface area contributed by atoms with Gasteiger partial charge in [-0.2, -0.15) is 0 Å². The van der Waals surface area contributed by atoms with Gasteiger partial charge in [-0.1, -0.05) is 20.8 Å². The van der Waals surface area contributed by atoms with Crippen LogP contribution in [0.5, 0.6) is 0 Å². The number of hydrogen-bond donors (Lipinski definition) is 2. The Balaban J connectivity index is 2.75. The van der Waals surface area contributed by atoms with Crippen molar-refractivity contribution in [3.8, 4) is 0 Å². The maximum Gasteiger partial charge on any atom is 0.0852 e. The SMILES string of the molecule is CC1C[C@@H](O)[C@@H](O)C1(C)C. The molecule has 1 rings (SSSR count). The van der Waals surface area contributed by atoms with E-state index in [-0.39, 0.29) is 5.41 Å². The van der Waals surface area contributed by atoms with E-state index in [1.54, 1.807) is 0 Å². The van der Waals surface area contributed by atoms with Gasteiger partial charge in [0.05, 0.1) is 12.2 Å². The van der Waals surface area contributed by atoms with E-state index in [2.05, 4.69) is 6.92 Å². The molecule has 1 saturated carbocycles. The summed E-state index contributed by atoms with van der Waals surface area (Å²) in [6.07, 6.45) is -0.318. The van der Waals surface area contributed by atoms with Gasteiger partial charge < -0.3 is 10.2 Å². The van der Waals surface area contributed by atoms with Crippen LogP contribution in [0.4, 0.5) is 0 Å².